The molecule has 0 fully saturated rings. The Hall–Kier alpha value is -2.23. The van der Waals surface area contributed by atoms with Crippen molar-refractivity contribution >= 4 is 32.9 Å². The SMILES string of the molecule is CCCOc1ccc(OCCSc2nc3cc(S(=O)(=O)N(C)C)ccc3o2)cc1. The molecule has 0 amide bonds. The Morgan fingerprint density at radius 2 is 1.69 bits per heavy atom. The van der Waals surface area contributed by atoms with Crippen LogP contribution in [0.25, 0.3) is 11.1 Å². The molecular formula is C20H24N2O5S2. The molecule has 3 aromatic rings. The van der Waals surface area contributed by atoms with Gasteiger partial charge in [-0.25, -0.2) is 17.7 Å². The van der Waals surface area contributed by atoms with E-state index in [2.05, 4.69) is 11.9 Å². The highest BCUT2D eigenvalue weighted by molar-refractivity contribution is 7.99. The predicted octanol–water partition coefficient (Wildman–Crippen LogP) is 4.04. The van der Waals surface area contributed by atoms with Gasteiger partial charge in [-0.15, -0.1) is 0 Å². The van der Waals surface area contributed by atoms with E-state index in [1.54, 1.807) is 6.07 Å². The highest BCUT2D eigenvalue weighted by atomic mass is 32.2. The lowest BCUT2D eigenvalue weighted by atomic mass is 10.3. The Balaban J connectivity index is 1.54. The molecule has 0 spiro atoms. The largest absolute Gasteiger partial charge is 0.494 e. The fourth-order valence-electron chi connectivity index (χ4n) is 2.46. The Kier molecular flexibility index (Phi) is 7.05. The van der Waals surface area contributed by atoms with Crippen LogP contribution in [0.1, 0.15) is 13.3 Å². The molecule has 1 heterocycles. The summed E-state index contributed by atoms with van der Waals surface area (Å²) >= 11 is 1.41. The average molecular weight is 437 g/mol. The molecule has 0 saturated carbocycles. The molecule has 0 saturated heterocycles. The second-order valence-corrected chi connectivity index (χ2v) is 9.61. The van der Waals surface area contributed by atoms with Crippen molar-refractivity contribution in [1.29, 1.82) is 0 Å². The summed E-state index contributed by atoms with van der Waals surface area (Å²) in [5.41, 5.74) is 1.06. The first-order valence-corrected chi connectivity index (χ1v) is 11.6. The second kappa shape index (κ2) is 9.51. The standard InChI is InChI=1S/C20H24N2O5S2/c1-4-11-25-15-5-7-16(8-6-15)26-12-13-28-20-21-18-14-17(9-10-19(18)27-20)29(23,24)22(2)3/h5-10,14H,4,11-13H2,1-3H3. The highest BCUT2D eigenvalue weighted by Gasteiger charge is 2.19. The lowest BCUT2D eigenvalue weighted by molar-refractivity contribution is 0.314. The fraction of sp³-hybridized carbons (Fsp3) is 0.350. The quantitative estimate of drug-likeness (QED) is 0.350. The van der Waals surface area contributed by atoms with Gasteiger partial charge in [0.05, 0.1) is 18.1 Å². The molecule has 29 heavy (non-hydrogen) atoms. The number of rotatable bonds is 10. The monoisotopic (exact) mass is 436 g/mol. The van der Waals surface area contributed by atoms with Crippen LogP contribution < -0.4 is 9.47 Å². The molecule has 2 aromatic carbocycles. The van der Waals surface area contributed by atoms with Gasteiger partial charge in [0, 0.05) is 19.8 Å². The summed E-state index contributed by atoms with van der Waals surface area (Å²) in [6.07, 6.45) is 0.970. The van der Waals surface area contributed by atoms with E-state index >= 15 is 0 Å². The van der Waals surface area contributed by atoms with Crippen molar-refractivity contribution < 1.29 is 22.3 Å². The van der Waals surface area contributed by atoms with Gasteiger partial charge in [-0.3, -0.25) is 0 Å². The maximum atomic E-state index is 12.2. The maximum absolute atomic E-state index is 12.2. The lowest BCUT2D eigenvalue weighted by Crippen LogP contribution is -2.22. The molecule has 1 aromatic heterocycles. The number of hydrogen-bond donors (Lipinski definition) is 0. The van der Waals surface area contributed by atoms with Gasteiger partial charge in [0.1, 0.15) is 17.0 Å². The average Bonchev–Trinajstić information content (AvgIpc) is 3.12. The predicted molar refractivity (Wildman–Crippen MR) is 113 cm³/mol. The van der Waals surface area contributed by atoms with Crippen LogP contribution in [0.4, 0.5) is 0 Å². The molecule has 7 nitrogen and oxygen atoms in total. The van der Waals surface area contributed by atoms with Crippen molar-refractivity contribution in [2.45, 2.75) is 23.5 Å². The zero-order chi connectivity index (χ0) is 20.9. The molecule has 0 bridgehead atoms. The normalized spacial score (nSPS) is 11.9. The number of hydrogen-bond acceptors (Lipinski definition) is 7. The number of nitrogens with zero attached hydrogens (tertiary/aromatic N) is 2. The van der Waals surface area contributed by atoms with Crippen molar-refractivity contribution in [1.82, 2.24) is 9.29 Å². The van der Waals surface area contributed by atoms with Gasteiger partial charge in [0.2, 0.25) is 10.0 Å². The third-order valence-electron chi connectivity index (χ3n) is 3.99. The van der Waals surface area contributed by atoms with E-state index in [-0.39, 0.29) is 4.90 Å². The van der Waals surface area contributed by atoms with Gasteiger partial charge in [0.25, 0.3) is 5.22 Å². The summed E-state index contributed by atoms with van der Waals surface area (Å²) in [5.74, 6) is 2.24. The summed E-state index contributed by atoms with van der Waals surface area (Å²) in [6, 6.07) is 12.2. The Bertz CT molecular complexity index is 1050. The first-order chi connectivity index (χ1) is 13.9. The van der Waals surface area contributed by atoms with E-state index in [1.807, 2.05) is 24.3 Å². The van der Waals surface area contributed by atoms with Gasteiger partial charge in [-0.1, -0.05) is 18.7 Å². The van der Waals surface area contributed by atoms with Gasteiger partial charge in [-0.2, -0.15) is 0 Å². The van der Waals surface area contributed by atoms with Crippen LogP contribution in [0.5, 0.6) is 11.5 Å². The summed E-state index contributed by atoms with van der Waals surface area (Å²) in [6.45, 7) is 3.25. The minimum atomic E-state index is -3.50. The second-order valence-electron chi connectivity index (χ2n) is 6.41. The smallest absolute Gasteiger partial charge is 0.256 e. The van der Waals surface area contributed by atoms with Crippen LogP contribution in [0.3, 0.4) is 0 Å². The van der Waals surface area contributed by atoms with Crippen molar-refractivity contribution in [2.24, 2.45) is 0 Å². The van der Waals surface area contributed by atoms with E-state index in [0.717, 1.165) is 17.9 Å². The molecule has 0 N–H and O–H groups in total. The third kappa shape index (κ3) is 5.43. The fourth-order valence-corrected chi connectivity index (χ4v) is 4.03. The van der Waals surface area contributed by atoms with Crippen LogP contribution in [0.2, 0.25) is 0 Å². The number of ether oxygens (including phenoxy) is 2. The van der Waals surface area contributed by atoms with Crippen LogP contribution in [0.15, 0.2) is 57.0 Å². The van der Waals surface area contributed by atoms with Gasteiger partial charge < -0.3 is 13.9 Å². The van der Waals surface area contributed by atoms with Gasteiger partial charge in [0.15, 0.2) is 5.58 Å². The molecule has 9 heteroatoms. The van der Waals surface area contributed by atoms with E-state index in [4.69, 9.17) is 13.9 Å². The summed E-state index contributed by atoms with van der Waals surface area (Å²) < 4.78 is 42.6. The number of oxazole rings is 1. The number of sulfonamides is 1. The summed E-state index contributed by atoms with van der Waals surface area (Å²) in [4.78, 5) is 4.56. The summed E-state index contributed by atoms with van der Waals surface area (Å²) in [5, 5.41) is 0.478. The molecule has 0 radical (unpaired) electrons. The first-order valence-electron chi connectivity index (χ1n) is 9.21. The first kappa shape index (κ1) is 21.5. The molecule has 0 unspecified atom stereocenters. The summed E-state index contributed by atoms with van der Waals surface area (Å²) in [7, 11) is -0.512. The Morgan fingerprint density at radius 3 is 2.31 bits per heavy atom. The molecule has 0 aliphatic carbocycles. The molecule has 3 rings (SSSR count). The number of benzene rings is 2. The van der Waals surface area contributed by atoms with E-state index < -0.39 is 10.0 Å². The molecule has 0 aliphatic rings. The molecule has 0 atom stereocenters. The number of fused-ring (bicyclic) bond motifs is 1. The molecule has 0 aliphatic heterocycles. The van der Waals surface area contributed by atoms with Crippen molar-refractivity contribution in [2.75, 3.05) is 33.1 Å². The van der Waals surface area contributed by atoms with E-state index in [1.165, 1.54) is 42.3 Å². The van der Waals surface area contributed by atoms with Crippen LogP contribution >= 0.6 is 11.8 Å². The third-order valence-corrected chi connectivity index (χ3v) is 6.60. The Labute approximate surface area is 175 Å². The number of aromatic nitrogens is 1. The van der Waals surface area contributed by atoms with Crippen LogP contribution in [-0.4, -0.2) is 50.8 Å². The maximum Gasteiger partial charge on any atom is 0.256 e. The van der Waals surface area contributed by atoms with Crippen molar-refractivity contribution in [3.8, 4) is 11.5 Å². The Morgan fingerprint density at radius 1 is 1.03 bits per heavy atom. The molecule has 156 valence electrons. The van der Waals surface area contributed by atoms with Crippen LogP contribution in [0, 0.1) is 0 Å². The van der Waals surface area contributed by atoms with Gasteiger partial charge >= 0.3 is 0 Å². The lowest BCUT2D eigenvalue weighted by Gasteiger charge is -2.10. The topological polar surface area (TPSA) is 81.9 Å². The van der Waals surface area contributed by atoms with Gasteiger partial charge in [-0.05, 0) is 48.9 Å². The zero-order valence-electron chi connectivity index (χ0n) is 16.6. The zero-order valence-corrected chi connectivity index (χ0v) is 18.3. The minimum Gasteiger partial charge on any atom is -0.494 e. The van der Waals surface area contributed by atoms with E-state index in [9.17, 15) is 8.42 Å². The van der Waals surface area contributed by atoms with Crippen LogP contribution in [-0.2, 0) is 10.0 Å². The number of thioether (sulfide) groups is 1. The highest BCUT2D eigenvalue weighted by Crippen LogP contribution is 2.26. The van der Waals surface area contributed by atoms with Crippen molar-refractivity contribution in [3.05, 3.63) is 42.5 Å². The molecular weight excluding hydrogens is 412 g/mol. The van der Waals surface area contributed by atoms with E-state index in [0.29, 0.717) is 35.3 Å². The van der Waals surface area contributed by atoms with Crippen molar-refractivity contribution in [3.63, 3.8) is 0 Å². The minimum absolute atomic E-state index is 0.189.